The molecule has 1 fully saturated rings. The van der Waals surface area contributed by atoms with Gasteiger partial charge in [0, 0.05) is 32.7 Å². The van der Waals surface area contributed by atoms with E-state index in [0.717, 1.165) is 24.6 Å². The van der Waals surface area contributed by atoms with Crippen molar-refractivity contribution >= 4 is 6.09 Å². The molecule has 0 aliphatic carbocycles. The van der Waals surface area contributed by atoms with Crippen LogP contribution in [0.15, 0.2) is 18.2 Å². The van der Waals surface area contributed by atoms with Crippen LogP contribution in [-0.4, -0.2) is 47.7 Å². The van der Waals surface area contributed by atoms with Gasteiger partial charge in [0.15, 0.2) is 11.6 Å². The van der Waals surface area contributed by atoms with E-state index in [1.807, 2.05) is 20.8 Å². The van der Waals surface area contributed by atoms with Gasteiger partial charge in [0.25, 0.3) is 0 Å². The number of hydrogen-bond donors (Lipinski definition) is 0. The molecule has 1 aromatic carbocycles. The number of nitrogens with zero attached hydrogens (tertiary/aromatic N) is 2. The molecule has 4 nitrogen and oxygen atoms in total. The third-order valence-corrected chi connectivity index (χ3v) is 3.63. The molecule has 0 aromatic heterocycles. The summed E-state index contributed by atoms with van der Waals surface area (Å²) in [6, 6.07) is 3.97. The highest BCUT2D eigenvalue weighted by Crippen LogP contribution is 2.15. The standard InChI is InChI=1S/C17H24F2N2O2/c1-17(2,3)23-16(22)21-8-4-7-20(9-10-21)12-13-5-6-14(18)15(19)11-13/h5-6,11H,4,7-10,12H2,1-3H3. The fourth-order valence-electron chi connectivity index (χ4n) is 2.53. The summed E-state index contributed by atoms with van der Waals surface area (Å²) in [7, 11) is 0. The maximum atomic E-state index is 13.3. The van der Waals surface area contributed by atoms with E-state index in [1.165, 1.54) is 6.07 Å². The van der Waals surface area contributed by atoms with Crippen LogP contribution in [0.2, 0.25) is 0 Å². The van der Waals surface area contributed by atoms with Crippen molar-refractivity contribution in [1.82, 2.24) is 9.80 Å². The summed E-state index contributed by atoms with van der Waals surface area (Å²) in [5.41, 5.74) is 0.226. The van der Waals surface area contributed by atoms with Crippen LogP contribution in [0.5, 0.6) is 0 Å². The predicted octanol–water partition coefficient (Wildman–Crippen LogP) is 3.41. The van der Waals surface area contributed by atoms with Crippen LogP contribution >= 0.6 is 0 Å². The van der Waals surface area contributed by atoms with Crippen LogP contribution in [0.1, 0.15) is 32.8 Å². The molecule has 0 radical (unpaired) electrons. The van der Waals surface area contributed by atoms with E-state index >= 15 is 0 Å². The number of carbonyl (C=O) groups excluding carboxylic acids is 1. The second kappa shape index (κ2) is 7.25. The Hall–Kier alpha value is -1.69. The van der Waals surface area contributed by atoms with Crippen molar-refractivity contribution in [2.24, 2.45) is 0 Å². The van der Waals surface area contributed by atoms with Gasteiger partial charge in [0.1, 0.15) is 5.60 Å². The highest BCUT2D eigenvalue weighted by molar-refractivity contribution is 5.68. The van der Waals surface area contributed by atoms with E-state index in [4.69, 9.17) is 4.74 Å². The Labute approximate surface area is 136 Å². The molecule has 0 bridgehead atoms. The van der Waals surface area contributed by atoms with Crippen molar-refractivity contribution < 1.29 is 18.3 Å². The lowest BCUT2D eigenvalue weighted by atomic mass is 10.2. The first-order valence-corrected chi connectivity index (χ1v) is 7.89. The average molecular weight is 326 g/mol. The van der Waals surface area contributed by atoms with Crippen LogP contribution in [0.3, 0.4) is 0 Å². The molecule has 0 atom stereocenters. The van der Waals surface area contributed by atoms with Gasteiger partial charge in [-0.25, -0.2) is 13.6 Å². The first-order valence-electron chi connectivity index (χ1n) is 7.89. The zero-order valence-electron chi connectivity index (χ0n) is 13.9. The zero-order chi connectivity index (χ0) is 17.0. The number of ether oxygens (including phenoxy) is 1. The number of rotatable bonds is 2. The van der Waals surface area contributed by atoms with Crippen LogP contribution in [-0.2, 0) is 11.3 Å². The quantitative estimate of drug-likeness (QED) is 0.835. The molecule has 2 rings (SSSR count). The Morgan fingerprint density at radius 3 is 2.52 bits per heavy atom. The van der Waals surface area contributed by atoms with Gasteiger partial charge in [-0.05, 0) is 44.9 Å². The Morgan fingerprint density at radius 2 is 1.87 bits per heavy atom. The fraction of sp³-hybridized carbons (Fsp3) is 0.588. The highest BCUT2D eigenvalue weighted by atomic mass is 19.2. The monoisotopic (exact) mass is 326 g/mol. The topological polar surface area (TPSA) is 32.8 Å². The molecule has 23 heavy (non-hydrogen) atoms. The maximum Gasteiger partial charge on any atom is 0.410 e. The molecule has 0 unspecified atom stereocenters. The zero-order valence-corrected chi connectivity index (χ0v) is 13.9. The van der Waals surface area contributed by atoms with E-state index in [0.29, 0.717) is 26.2 Å². The number of benzene rings is 1. The Balaban J connectivity index is 1.90. The maximum absolute atomic E-state index is 13.3. The molecule has 1 saturated heterocycles. The summed E-state index contributed by atoms with van der Waals surface area (Å²) < 4.78 is 31.6. The van der Waals surface area contributed by atoms with Gasteiger partial charge in [-0.2, -0.15) is 0 Å². The minimum atomic E-state index is -0.833. The van der Waals surface area contributed by atoms with E-state index in [1.54, 1.807) is 11.0 Å². The van der Waals surface area contributed by atoms with Gasteiger partial charge >= 0.3 is 6.09 Å². The minimum Gasteiger partial charge on any atom is -0.444 e. The third kappa shape index (κ3) is 5.46. The van der Waals surface area contributed by atoms with E-state index in [-0.39, 0.29) is 6.09 Å². The summed E-state index contributed by atoms with van der Waals surface area (Å²) in [6.45, 7) is 8.77. The van der Waals surface area contributed by atoms with Crippen LogP contribution < -0.4 is 0 Å². The molecule has 0 spiro atoms. The Kier molecular flexibility index (Phi) is 5.57. The van der Waals surface area contributed by atoms with Crippen molar-refractivity contribution in [3.05, 3.63) is 35.4 Å². The molecule has 128 valence electrons. The van der Waals surface area contributed by atoms with E-state index in [2.05, 4.69) is 4.90 Å². The molecule has 1 amide bonds. The normalized spacial score (nSPS) is 17.0. The third-order valence-electron chi connectivity index (χ3n) is 3.63. The smallest absolute Gasteiger partial charge is 0.410 e. The molecular formula is C17H24F2N2O2. The number of carbonyl (C=O) groups is 1. The van der Waals surface area contributed by atoms with Gasteiger partial charge in [-0.1, -0.05) is 6.07 Å². The fourth-order valence-corrected chi connectivity index (χ4v) is 2.53. The lowest BCUT2D eigenvalue weighted by Gasteiger charge is -2.26. The van der Waals surface area contributed by atoms with Crippen LogP contribution in [0, 0.1) is 11.6 Å². The summed E-state index contributed by atoms with van der Waals surface area (Å²) >= 11 is 0. The summed E-state index contributed by atoms with van der Waals surface area (Å²) in [5.74, 6) is -1.66. The van der Waals surface area contributed by atoms with E-state index in [9.17, 15) is 13.6 Å². The number of hydrogen-bond acceptors (Lipinski definition) is 3. The average Bonchev–Trinajstić information content (AvgIpc) is 2.67. The highest BCUT2D eigenvalue weighted by Gasteiger charge is 2.24. The molecule has 1 aliphatic heterocycles. The second-order valence-corrected chi connectivity index (χ2v) is 6.85. The Morgan fingerprint density at radius 1 is 1.13 bits per heavy atom. The predicted molar refractivity (Wildman–Crippen MR) is 84.1 cm³/mol. The first kappa shape index (κ1) is 17.7. The minimum absolute atomic E-state index is 0.299. The van der Waals surface area contributed by atoms with Gasteiger partial charge in [-0.3, -0.25) is 4.90 Å². The molecular weight excluding hydrogens is 302 g/mol. The lowest BCUT2D eigenvalue weighted by molar-refractivity contribution is 0.0257. The molecule has 1 aliphatic rings. The molecule has 0 saturated carbocycles. The Bertz CT molecular complexity index is 558. The molecule has 1 aromatic rings. The SMILES string of the molecule is CC(C)(C)OC(=O)N1CCCN(Cc2ccc(F)c(F)c2)CC1. The van der Waals surface area contributed by atoms with Crippen molar-refractivity contribution in [3.8, 4) is 0 Å². The van der Waals surface area contributed by atoms with Crippen molar-refractivity contribution in [2.75, 3.05) is 26.2 Å². The largest absolute Gasteiger partial charge is 0.444 e. The van der Waals surface area contributed by atoms with E-state index < -0.39 is 17.2 Å². The molecule has 0 N–H and O–H groups in total. The lowest BCUT2D eigenvalue weighted by Crippen LogP contribution is -2.39. The van der Waals surface area contributed by atoms with Crippen molar-refractivity contribution in [2.45, 2.75) is 39.3 Å². The number of amides is 1. The number of halogens is 2. The van der Waals surface area contributed by atoms with Gasteiger partial charge in [-0.15, -0.1) is 0 Å². The van der Waals surface area contributed by atoms with Gasteiger partial charge in [0.05, 0.1) is 0 Å². The second-order valence-electron chi connectivity index (χ2n) is 6.85. The summed E-state index contributed by atoms with van der Waals surface area (Å²) in [4.78, 5) is 15.9. The van der Waals surface area contributed by atoms with Crippen LogP contribution in [0.4, 0.5) is 13.6 Å². The van der Waals surface area contributed by atoms with Gasteiger partial charge in [0.2, 0.25) is 0 Å². The van der Waals surface area contributed by atoms with Crippen molar-refractivity contribution in [1.29, 1.82) is 0 Å². The summed E-state index contributed by atoms with van der Waals surface area (Å²) in [5, 5.41) is 0. The van der Waals surface area contributed by atoms with Crippen molar-refractivity contribution in [3.63, 3.8) is 0 Å². The molecule has 6 heteroatoms. The first-order chi connectivity index (χ1) is 10.7. The van der Waals surface area contributed by atoms with Crippen LogP contribution in [0.25, 0.3) is 0 Å². The van der Waals surface area contributed by atoms with Gasteiger partial charge < -0.3 is 9.64 Å². The summed E-state index contributed by atoms with van der Waals surface area (Å²) in [6.07, 6.45) is 0.523. The molecule has 1 heterocycles.